The van der Waals surface area contributed by atoms with Crippen LogP contribution in [0.4, 0.5) is 9.52 Å². The molecule has 6 nitrogen and oxygen atoms in total. The summed E-state index contributed by atoms with van der Waals surface area (Å²) in [4.78, 5) is 11.6. The molecule has 1 fully saturated rings. The SMILES string of the molecule is O=S(=O)(c1ccccc1F)N1CCCN(c2nc3cccnc3s2)CC1. The number of benzene rings is 1. The number of hydrogen-bond acceptors (Lipinski definition) is 6. The highest BCUT2D eigenvalue weighted by Gasteiger charge is 2.29. The fourth-order valence-corrected chi connectivity index (χ4v) is 5.51. The molecule has 1 saturated heterocycles. The fourth-order valence-electron chi connectivity index (χ4n) is 3.01. The first-order valence-electron chi connectivity index (χ1n) is 8.27. The van der Waals surface area contributed by atoms with Gasteiger partial charge in [0, 0.05) is 32.4 Å². The van der Waals surface area contributed by atoms with Gasteiger partial charge in [-0.3, -0.25) is 0 Å². The van der Waals surface area contributed by atoms with E-state index < -0.39 is 15.8 Å². The molecule has 9 heteroatoms. The molecule has 0 bridgehead atoms. The van der Waals surface area contributed by atoms with Crippen molar-refractivity contribution in [3.05, 3.63) is 48.4 Å². The highest BCUT2D eigenvalue weighted by molar-refractivity contribution is 7.89. The Morgan fingerprint density at radius 2 is 1.88 bits per heavy atom. The van der Waals surface area contributed by atoms with E-state index in [0.717, 1.165) is 15.5 Å². The van der Waals surface area contributed by atoms with Crippen LogP contribution in [0.2, 0.25) is 0 Å². The van der Waals surface area contributed by atoms with Crippen molar-refractivity contribution in [3.8, 4) is 0 Å². The van der Waals surface area contributed by atoms with Crippen LogP contribution in [0.3, 0.4) is 0 Å². The zero-order chi connectivity index (χ0) is 18.1. The van der Waals surface area contributed by atoms with Gasteiger partial charge in [0.05, 0.1) is 0 Å². The molecule has 0 spiro atoms. The van der Waals surface area contributed by atoms with Crippen LogP contribution in [0, 0.1) is 5.82 Å². The molecule has 0 amide bonds. The van der Waals surface area contributed by atoms with E-state index >= 15 is 0 Å². The lowest BCUT2D eigenvalue weighted by atomic mass is 10.3. The van der Waals surface area contributed by atoms with Gasteiger partial charge in [-0.05, 0) is 30.7 Å². The van der Waals surface area contributed by atoms with Crippen LogP contribution in [0.5, 0.6) is 0 Å². The van der Waals surface area contributed by atoms with Gasteiger partial charge in [0.15, 0.2) is 5.13 Å². The second-order valence-electron chi connectivity index (χ2n) is 6.00. The van der Waals surface area contributed by atoms with Crippen LogP contribution >= 0.6 is 11.3 Å². The first kappa shape index (κ1) is 17.3. The molecule has 136 valence electrons. The van der Waals surface area contributed by atoms with Crippen LogP contribution in [-0.2, 0) is 10.0 Å². The lowest BCUT2D eigenvalue weighted by Gasteiger charge is -2.21. The van der Waals surface area contributed by atoms with Crippen molar-refractivity contribution < 1.29 is 12.8 Å². The van der Waals surface area contributed by atoms with Crippen LogP contribution in [0.1, 0.15) is 6.42 Å². The molecule has 0 saturated carbocycles. The lowest BCUT2D eigenvalue weighted by molar-refractivity contribution is 0.428. The maximum atomic E-state index is 14.0. The Bertz CT molecular complexity index is 1000. The van der Waals surface area contributed by atoms with E-state index in [1.165, 1.54) is 39.9 Å². The van der Waals surface area contributed by atoms with Crippen molar-refractivity contribution in [2.45, 2.75) is 11.3 Å². The van der Waals surface area contributed by atoms with Crippen molar-refractivity contribution in [2.24, 2.45) is 0 Å². The summed E-state index contributed by atoms with van der Waals surface area (Å²) < 4.78 is 40.9. The molecule has 1 aromatic carbocycles. The number of nitrogens with zero attached hydrogens (tertiary/aromatic N) is 4. The highest BCUT2D eigenvalue weighted by Crippen LogP contribution is 2.28. The van der Waals surface area contributed by atoms with E-state index in [1.807, 2.05) is 12.1 Å². The molecule has 1 aliphatic heterocycles. The van der Waals surface area contributed by atoms with Crippen molar-refractivity contribution >= 4 is 36.8 Å². The monoisotopic (exact) mass is 392 g/mol. The van der Waals surface area contributed by atoms with E-state index in [2.05, 4.69) is 14.9 Å². The lowest BCUT2D eigenvalue weighted by Crippen LogP contribution is -2.35. The number of anilines is 1. The first-order chi connectivity index (χ1) is 12.6. The molecule has 26 heavy (non-hydrogen) atoms. The molecular formula is C17H17FN4O2S2. The zero-order valence-corrected chi connectivity index (χ0v) is 15.5. The minimum Gasteiger partial charge on any atom is -0.347 e. The molecule has 0 radical (unpaired) electrons. The Hall–Kier alpha value is -2.10. The van der Waals surface area contributed by atoms with Crippen molar-refractivity contribution in [1.82, 2.24) is 14.3 Å². The van der Waals surface area contributed by atoms with E-state index in [4.69, 9.17) is 0 Å². The smallest absolute Gasteiger partial charge is 0.246 e. The number of halogens is 1. The third-order valence-electron chi connectivity index (χ3n) is 4.33. The van der Waals surface area contributed by atoms with Gasteiger partial charge in [0.2, 0.25) is 10.0 Å². The Morgan fingerprint density at radius 3 is 2.69 bits per heavy atom. The number of aromatic nitrogens is 2. The average Bonchev–Trinajstić information content (AvgIpc) is 2.90. The van der Waals surface area contributed by atoms with Gasteiger partial charge in [0.25, 0.3) is 0 Å². The fraction of sp³-hybridized carbons (Fsp3) is 0.294. The Morgan fingerprint density at radius 1 is 1.04 bits per heavy atom. The van der Waals surface area contributed by atoms with Gasteiger partial charge >= 0.3 is 0 Å². The summed E-state index contributed by atoms with van der Waals surface area (Å²) in [6, 6.07) is 9.26. The molecule has 4 rings (SSSR count). The summed E-state index contributed by atoms with van der Waals surface area (Å²) in [7, 11) is -3.84. The molecule has 1 aliphatic rings. The summed E-state index contributed by atoms with van der Waals surface area (Å²) in [6.07, 6.45) is 2.38. The third-order valence-corrected chi connectivity index (χ3v) is 7.31. The summed E-state index contributed by atoms with van der Waals surface area (Å²) >= 11 is 1.50. The normalized spacial score (nSPS) is 16.7. The Balaban J connectivity index is 1.55. The van der Waals surface area contributed by atoms with Crippen molar-refractivity contribution in [1.29, 1.82) is 0 Å². The van der Waals surface area contributed by atoms with Crippen molar-refractivity contribution in [2.75, 3.05) is 31.1 Å². The molecular weight excluding hydrogens is 375 g/mol. The van der Waals surface area contributed by atoms with Gasteiger partial charge in [-0.15, -0.1) is 0 Å². The van der Waals surface area contributed by atoms with E-state index in [9.17, 15) is 12.8 Å². The minimum atomic E-state index is -3.84. The predicted molar refractivity (Wildman–Crippen MR) is 99.4 cm³/mol. The van der Waals surface area contributed by atoms with Gasteiger partial charge in [-0.1, -0.05) is 23.5 Å². The van der Waals surface area contributed by atoms with Crippen molar-refractivity contribution in [3.63, 3.8) is 0 Å². The summed E-state index contributed by atoms with van der Waals surface area (Å²) in [5.41, 5.74) is 0.840. The summed E-state index contributed by atoms with van der Waals surface area (Å²) in [5, 5.41) is 0.837. The second-order valence-corrected chi connectivity index (χ2v) is 8.86. The molecule has 3 aromatic rings. The predicted octanol–water partition coefficient (Wildman–Crippen LogP) is 2.73. The van der Waals surface area contributed by atoms with Gasteiger partial charge < -0.3 is 4.90 Å². The second kappa shape index (κ2) is 6.90. The van der Waals surface area contributed by atoms with Gasteiger partial charge in [-0.25, -0.2) is 22.8 Å². The first-order valence-corrected chi connectivity index (χ1v) is 10.5. The molecule has 2 aromatic heterocycles. The maximum absolute atomic E-state index is 14.0. The quantitative estimate of drug-likeness (QED) is 0.686. The number of sulfonamides is 1. The molecule has 0 aliphatic carbocycles. The van der Waals surface area contributed by atoms with Gasteiger partial charge in [-0.2, -0.15) is 4.31 Å². The number of pyridine rings is 1. The molecule has 3 heterocycles. The standard InChI is InChI=1S/C17H17FN4O2S2/c18-13-5-1-2-7-15(13)26(23,24)22-10-4-9-21(11-12-22)17-20-14-6-3-8-19-16(14)25-17/h1-3,5-8H,4,9-12H2. The van der Waals surface area contributed by atoms with E-state index in [1.54, 1.807) is 6.20 Å². The van der Waals surface area contributed by atoms with Crippen LogP contribution in [-0.4, -0.2) is 48.9 Å². The van der Waals surface area contributed by atoms with E-state index in [-0.39, 0.29) is 4.90 Å². The number of thiazole rings is 1. The molecule has 0 unspecified atom stereocenters. The number of hydrogen-bond donors (Lipinski definition) is 0. The summed E-state index contributed by atoms with van der Waals surface area (Å²) in [5.74, 6) is -0.717. The van der Waals surface area contributed by atoms with Crippen LogP contribution in [0.15, 0.2) is 47.5 Å². The number of fused-ring (bicyclic) bond motifs is 1. The molecule has 0 N–H and O–H groups in total. The summed E-state index contributed by atoms with van der Waals surface area (Å²) in [6.45, 7) is 1.85. The largest absolute Gasteiger partial charge is 0.347 e. The van der Waals surface area contributed by atoms with E-state index in [0.29, 0.717) is 32.6 Å². The minimum absolute atomic E-state index is 0.266. The highest BCUT2D eigenvalue weighted by atomic mass is 32.2. The maximum Gasteiger partial charge on any atom is 0.246 e. The topological polar surface area (TPSA) is 66.4 Å². The zero-order valence-electron chi connectivity index (χ0n) is 13.9. The Kier molecular flexibility index (Phi) is 4.60. The van der Waals surface area contributed by atoms with Gasteiger partial charge in [0.1, 0.15) is 21.1 Å². The van der Waals surface area contributed by atoms with Crippen LogP contribution in [0.25, 0.3) is 10.3 Å². The number of rotatable bonds is 3. The molecule has 0 atom stereocenters. The Labute approximate surface area is 155 Å². The third kappa shape index (κ3) is 3.17. The van der Waals surface area contributed by atoms with Crippen LogP contribution < -0.4 is 4.90 Å². The average molecular weight is 392 g/mol.